The molecule has 0 N–H and O–H groups in total. The van der Waals surface area contributed by atoms with Gasteiger partial charge >= 0.3 is 14.2 Å². The van der Waals surface area contributed by atoms with E-state index in [4.69, 9.17) is 18.6 Å². The highest BCUT2D eigenvalue weighted by molar-refractivity contribution is 6.56. The molecule has 164 valence electrons. The number of allylic oxidation sites excluding steroid dienone is 1. The van der Waals surface area contributed by atoms with Gasteiger partial charge in [-0.2, -0.15) is 0 Å². The van der Waals surface area contributed by atoms with Crippen LogP contribution in [0.15, 0.2) is 12.1 Å². The third-order valence-electron chi connectivity index (χ3n) is 8.65. The SMILES string of the molecule is C=C(B1OC(C)(C)C(C)(C)O1)C1(C)CCCCCCC1B1OC(C)(C)C(C)(C)O1. The number of rotatable bonds is 3. The molecule has 0 aromatic carbocycles. The van der Waals surface area contributed by atoms with Crippen molar-refractivity contribution in [3.8, 4) is 0 Å². The van der Waals surface area contributed by atoms with E-state index >= 15 is 0 Å². The Morgan fingerprint density at radius 3 is 1.66 bits per heavy atom. The van der Waals surface area contributed by atoms with E-state index in [0.717, 1.165) is 18.3 Å². The summed E-state index contributed by atoms with van der Waals surface area (Å²) in [5.74, 6) is 0.232. The van der Waals surface area contributed by atoms with E-state index in [1.54, 1.807) is 0 Å². The van der Waals surface area contributed by atoms with Gasteiger partial charge in [-0.15, -0.1) is 6.58 Å². The van der Waals surface area contributed by atoms with Crippen LogP contribution in [0.4, 0.5) is 0 Å². The zero-order valence-corrected chi connectivity index (χ0v) is 20.3. The van der Waals surface area contributed by atoms with Crippen molar-refractivity contribution in [1.82, 2.24) is 0 Å². The number of hydrogen-bond donors (Lipinski definition) is 0. The smallest absolute Gasteiger partial charge is 0.403 e. The molecule has 1 aliphatic carbocycles. The number of hydrogen-bond acceptors (Lipinski definition) is 4. The molecule has 6 heteroatoms. The van der Waals surface area contributed by atoms with Crippen LogP contribution in [0.25, 0.3) is 0 Å². The molecule has 2 unspecified atom stereocenters. The fourth-order valence-corrected chi connectivity index (χ4v) is 4.86. The first-order chi connectivity index (χ1) is 13.1. The molecule has 1 saturated carbocycles. The highest BCUT2D eigenvalue weighted by Gasteiger charge is 2.60. The maximum Gasteiger partial charge on any atom is 0.490 e. The molecular formula is C23H42B2O4. The van der Waals surface area contributed by atoms with Crippen LogP contribution in [-0.4, -0.2) is 36.6 Å². The van der Waals surface area contributed by atoms with E-state index in [2.05, 4.69) is 68.9 Å². The monoisotopic (exact) mass is 404 g/mol. The average Bonchev–Trinajstić information content (AvgIpc) is 2.90. The van der Waals surface area contributed by atoms with Gasteiger partial charge in [0.1, 0.15) is 0 Å². The largest absolute Gasteiger partial charge is 0.490 e. The summed E-state index contributed by atoms with van der Waals surface area (Å²) in [6, 6.07) is 0. The molecule has 3 aliphatic rings. The first-order valence-corrected chi connectivity index (χ1v) is 11.5. The third kappa shape index (κ3) is 4.00. The standard InChI is InChI=1S/C23H42B2O4/c1-17(24-26-19(2,3)20(4,5)27-24)23(10)16-14-12-11-13-15-18(23)25-28-21(6,7)22(8,9)29-25/h18H,1,11-16H2,2-10H3. The van der Waals surface area contributed by atoms with Gasteiger partial charge in [0.25, 0.3) is 0 Å². The van der Waals surface area contributed by atoms with E-state index in [0.29, 0.717) is 0 Å². The minimum atomic E-state index is -0.394. The van der Waals surface area contributed by atoms with Gasteiger partial charge in [0.05, 0.1) is 22.4 Å². The summed E-state index contributed by atoms with van der Waals surface area (Å²) in [6.07, 6.45) is 7.06. The molecule has 2 aliphatic heterocycles. The van der Waals surface area contributed by atoms with Crippen molar-refractivity contribution < 1.29 is 18.6 Å². The van der Waals surface area contributed by atoms with E-state index in [1.165, 1.54) is 25.7 Å². The van der Waals surface area contributed by atoms with E-state index in [-0.39, 0.29) is 40.8 Å². The molecule has 3 rings (SSSR count). The summed E-state index contributed by atoms with van der Waals surface area (Å²) in [6.45, 7) is 23.9. The van der Waals surface area contributed by atoms with Crippen LogP contribution in [0, 0.1) is 5.41 Å². The predicted octanol–water partition coefficient (Wildman–Crippen LogP) is 6.00. The highest BCUT2D eigenvalue weighted by atomic mass is 16.7. The highest BCUT2D eigenvalue weighted by Crippen LogP contribution is 2.55. The van der Waals surface area contributed by atoms with Gasteiger partial charge in [-0.1, -0.05) is 39.0 Å². The van der Waals surface area contributed by atoms with Crippen LogP contribution < -0.4 is 0 Å². The maximum absolute atomic E-state index is 6.55. The van der Waals surface area contributed by atoms with Crippen molar-refractivity contribution in [3.63, 3.8) is 0 Å². The lowest BCUT2D eigenvalue weighted by molar-refractivity contribution is 0.00578. The lowest BCUT2D eigenvalue weighted by Gasteiger charge is -2.42. The summed E-state index contributed by atoms with van der Waals surface area (Å²) in [5.41, 5.74) is -0.503. The second-order valence-electron chi connectivity index (χ2n) is 11.7. The van der Waals surface area contributed by atoms with Gasteiger partial charge in [0.15, 0.2) is 0 Å². The Bertz CT molecular complexity index is 611. The normalized spacial score (nSPS) is 36.0. The Labute approximate surface area is 179 Å². The molecule has 0 aromatic heterocycles. The minimum Gasteiger partial charge on any atom is -0.403 e. The summed E-state index contributed by atoms with van der Waals surface area (Å²) < 4.78 is 25.9. The van der Waals surface area contributed by atoms with Crippen molar-refractivity contribution in [2.24, 2.45) is 5.41 Å². The predicted molar refractivity (Wildman–Crippen MR) is 121 cm³/mol. The topological polar surface area (TPSA) is 36.9 Å². The van der Waals surface area contributed by atoms with Crippen LogP contribution in [0.5, 0.6) is 0 Å². The Morgan fingerprint density at radius 1 is 0.690 bits per heavy atom. The molecule has 29 heavy (non-hydrogen) atoms. The first-order valence-electron chi connectivity index (χ1n) is 11.5. The van der Waals surface area contributed by atoms with Gasteiger partial charge in [-0.3, -0.25) is 0 Å². The van der Waals surface area contributed by atoms with Crippen molar-refractivity contribution in [2.75, 3.05) is 0 Å². The molecule has 2 saturated heterocycles. The molecule has 2 heterocycles. The van der Waals surface area contributed by atoms with Gasteiger partial charge < -0.3 is 18.6 Å². The fraction of sp³-hybridized carbons (Fsp3) is 0.913. The fourth-order valence-electron chi connectivity index (χ4n) is 4.86. The molecule has 0 radical (unpaired) electrons. The minimum absolute atomic E-state index is 0.164. The quantitative estimate of drug-likeness (QED) is 0.541. The summed E-state index contributed by atoms with van der Waals surface area (Å²) >= 11 is 0. The molecular weight excluding hydrogens is 362 g/mol. The van der Waals surface area contributed by atoms with Crippen LogP contribution >= 0.6 is 0 Å². The zero-order chi connectivity index (χ0) is 21.9. The first kappa shape index (κ1) is 23.4. The zero-order valence-electron chi connectivity index (χ0n) is 20.3. The van der Waals surface area contributed by atoms with Crippen molar-refractivity contribution in [1.29, 1.82) is 0 Å². The molecule has 0 amide bonds. The van der Waals surface area contributed by atoms with Gasteiger partial charge in [0.2, 0.25) is 0 Å². The second-order valence-corrected chi connectivity index (χ2v) is 11.7. The van der Waals surface area contributed by atoms with Gasteiger partial charge in [0, 0.05) is 5.82 Å². The van der Waals surface area contributed by atoms with Crippen LogP contribution in [0.2, 0.25) is 5.82 Å². The second kappa shape index (κ2) is 7.39. The average molecular weight is 404 g/mol. The van der Waals surface area contributed by atoms with E-state index in [9.17, 15) is 0 Å². The lowest BCUT2D eigenvalue weighted by Crippen LogP contribution is -2.43. The molecule has 0 spiro atoms. The Balaban J connectivity index is 1.91. The Kier molecular flexibility index (Phi) is 5.96. The van der Waals surface area contributed by atoms with Crippen LogP contribution in [-0.2, 0) is 18.6 Å². The van der Waals surface area contributed by atoms with E-state index < -0.39 is 7.12 Å². The molecule has 4 nitrogen and oxygen atoms in total. The summed E-state index contributed by atoms with van der Waals surface area (Å²) in [7, 11) is -0.628. The third-order valence-corrected chi connectivity index (χ3v) is 8.65. The molecule has 3 fully saturated rings. The van der Waals surface area contributed by atoms with Crippen molar-refractivity contribution in [3.05, 3.63) is 12.1 Å². The van der Waals surface area contributed by atoms with Gasteiger partial charge in [-0.25, -0.2) is 0 Å². The molecule has 0 aromatic rings. The van der Waals surface area contributed by atoms with Crippen molar-refractivity contribution in [2.45, 2.75) is 129 Å². The Morgan fingerprint density at radius 2 is 1.14 bits per heavy atom. The molecule has 2 atom stereocenters. The maximum atomic E-state index is 6.55. The van der Waals surface area contributed by atoms with Crippen LogP contribution in [0.3, 0.4) is 0 Å². The van der Waals surface area contributed by atoms with Crippen LogP contribution in [0.1, 0.15) is 101 Å². The van der Waals surface area contributed by atoms with Gasteiger partial charge in [-0.05, 0) is 72.7 Å². The summed E-state index contributed by atoms with van der Waals surface area (Å²) in [5, 5.41) is 0. The van der Waals surface area contributed by atoms with Crippen molar-refractivity contribution >= 4 is 14.2 Å². The summed E-state index contributed by atoms with van der Waals surface area (Å²) in [4.78, 5) is 0. The Hall–Kier alpha value is -0.290. The lowest BCUT2D eigenvalue weighted by atomic mass is 9.47. The molecule has 0 bridgehead atoms. The van der Waals surface area contributed by atoms with E-state index in [1.807, 2.05) is 0 Å².